The minimum absolute atomic E-state index is 0.313. The van der Waals surface area contributed by atoms with E-state index >= 15 is 0 Å². The van der Waals surface area contributed by atoms with Crippen LogP contribution in [0.25, 0.3) is 16.7 Å². The summed E-state index contributed by atoms with van der Waals surface area (Å²) in [5.74, 6) is 0.559. The number of pyridine rings is 1. The molecule has 0 unspecified atom stereocenters. The quantitative estimate of drug-likeness (QED) is 0.783. The fraction of sp³-hybridized carbons (Fsp3) is 0.278. The van der Waals surface area contributed by atoms with Crippen molar-refractivity contribution < 1.29 is 4.79 Å². The number of carbonyl (C=O) groups excluding carboxylic acids is 1. The Morgan fingerprint density at radius 3 is 2.96 bits per heavy atom. The average Bonchev–Trinajstić information content (AvgIpc) is 3.19. The van der Waals surface area contributed by atoms with Crippen LogP contribution < -0.4 is 10.6 Å². The van der Waals surface area contributed by atoms with Gasteiger partial charge >= 0.3 is 0 Å². The Kier molecular flexibility index (Phi) is 3.17. The summed E-state index contributed by atoms with van der Waals surface area (Å²) in [6.07, 6.45) is 1.67. The summed E-state index contributed by atoms with van der Waals surface area (Å²) < 4.78 is 1.97. The van der Waals surface area contributed by atoms with E-state index in [0.717, 1.165) is 41.8 Å². The number of carbonyl (C=O) groups is 1. The van der Waals surface area contributed by atoms with Crippen molar-refractivity contribution >= 4 is 28.4 Å². The van der Waals surface area contributed by atoms with E-state index in [0.29, 0.717) is 11.2 Å². The number of fused-ring (bicyclic) bond motifs is 3. The largest absolute Gasteiger partial charge is 0.368 e. The zero-order chi connectivity index (χ0) is 16.8. The lowest BCUT2D eigenvalue weighted by Gasteiger charge is -2.26. The van der Waals surface area contributed by atoms with Gasteiger partial charge in [-0.05, 0) is 43.5 Å². The van der Waals surface area contributed by atoms with Crippen LogP contribution in [-0.4, -0.2) is 27.9 Å². The molecule has 0 spiro atoms. The third kappa shape index (κ3) is 1.95. The molecule has 1 amide bonds. The van der Waals surface area contributed by atoms with Crippen LogP contribution in [-0.2, 0) is 4.79 Å². The number of para-hydroxylation sites is 2. The van der Waals surface area contributed by atoms with Crippen LogP contribution in [0.1, 0.15) is 24.0 Å². The molecular formula is C18H17N5O. The molecule has 3 aromatic rings. The number of aryl methyl sites for hydroxylation is 1. The number of hydrogen-bond acceptors (Lipinski definition) is 4. The number of rotatable bonds is 2. The Hall–Kier alpha value is -3.07. The second-order valence-corrected chi connectivity index (χ2v) is 6.19. The molecule has 4 rings (SSSR count). The summed E-state index contributed by atoms with van der Waals surface area (Å²) >= 11 is 0. The van der Waals surface area contributed by atoms with Crippen LogP contribution >= 0.6 is 0 Å². The van der Waals surface area contributed by atoms with E-state index in [9.17, 15) is 10.1 Å². The molecule has 1 saturated heterocycles. The van der Waals surface area contributed by atoms with Crippen molar-refractivity contribution in [2.75, 3.05) is 11.4 Å². The molecule has 0 bridgehead atoms. The molecule has 0 radical (unpaired) electrons. The lowest BCUT2D eigenvalue weighted by molar-refractivity contribution is -0.119. The third-order valence-electron chi connectivity index (χ3n) is 4.74. The van der Waals surface area contributed by atoms with Crippen molar-refractivity contribution in [1.29, 1.82) is 5.26 Å². The molecule has 2 aromatic heterocycles. The maximum Gasteiger partial charge on any atom is 0.240 e. The van der Waals surface area contributed by atoms with Crippen LogP contribution in [0.4, 0.5) is 5.82 Å². The monoisotopic (exact) mass is 319 g/mol. The number of nitrogens with two attached hydrogens (primary N) is 1. The van der Waals surface area contributed by atoms with Gasteiger partial charge in [0.1, 0.15) is 17.9 Å². The number of imidazole rings is 1. The van der Waals surface area contributed by atoms with E-state index in [1.807, 2.05) is 46.6 Å². The summed E-state index contributed by atoms with van der Waals surface area (Å²) in [7, 11) is 0. The topological polar surface area (TPSA) is 87.4 Å². The molecule has 2 N–H and O–H groups in total. The van der Waals surface area contributed by atoms with Gasteiger partial charge in [-0.25, -0.2) is 4.98 Å². The molecule has 6 heteroatoms. The molecule has 1 aliphatic rings. The maximum atomic E-state index is 11.8. The zero-order valence-corrected chi connectivity index (χ0v) is 13.4. The first-order valence-electron chi connectivity index (χ1n) is 7.98. The molecule has 1 atom stereocenters. The number of anilines is 1. The van der Waals surface area contributed by atoms with Gasteiger partial charge in [0.05, 0.1) is 16.6 Å². The molecule has 6 nitrogen and oxygen atoms in total. The Morgan fingerprint density at radius 2 is 2.21 bits per heavy atom. The van der Waals surface area contributed by atoms with Gasteiger partial charge in [-0.15, -0.1) is 0 Å². The molecule has 24 heavy (non-hydrogen) atoms. The third-order valence-corrected chi connectivity index (χ3v) is 4.74. The van der Waals surface area contributed by atoms with Gasteiger partial charge < -0.3 is 10.6 Å². The van der Waals surface area contributed by atoms with Crippen molar-refractivity contribution in [3.05, 3.63) is 41.5 Å². The Labute approximate surface area is 139 Å². The van der Waals surface area contributed by atoms with Crippen LogP contribution in [0.2, 0.25) is 0 Å². The van der Waals surface area contributed by atoms with Gasteiger partial charge in [0.2, 0.25) is 5.91 Å². The molecule has 0 aliphatic carbocycles. The first-order chi connectivity index (χ1) is 11.6. The predicted octanol–water partition coefficient (Wildman–Crippen LogP) is 2.12. The number of benzene rings is 1. The number of nitriles is 1. The molecule has 0 saturated carbocycles. The highest BCUT2D eigenvalue weighted by Crippen LogP contribution is 2.32. The zero-order valence-electron chi connectivity index (χ0n) is 13.4. The summed E-state index contributed by atoms with van der Waals surface area (Å²) in [6, 6.07) is 11.7. The fourth-order valence-electron chi connectivity index (χ4n) is 3.62. The average molecular weight is 319 g/mol. The van der Waals surface area contributed by atoms with Crippen LogP contribution in [0.5, 0.6) is 0 Å². The normalized spacial score (nSPS) is 17.5. The van der Waals surface area contributed by atoms with E-state index in [-0.39, 0.29) is 11.9 Å². The van der Waals surface area contributed by atoms with E-state index < -0.39 is 0 Å². The summed E-state index contributed by atoms with van der Waals surface area (Å²) in [4.78, 5) is 18.5. The van der Waals surface area contributed by atoms with Crippen LogP contribution in [0, 0.1) is 18.3 Å². The van der Waals surface area contributed by atoms with E-state index in [4.69, 9.17) is 5.73 Å². The lowest BCUT2D eigenvalue weighted by atomic mass is 10.1. The van der Waals surface area contributed by atoms with E-state index in [2.05, 4.69) is 11.1 Å². The fourth-order valence-corrected chi connectivity index (χ4v) is 3.62. The first kappa shape index (κ1) is 14.5. The smallest absolute Gasteiger partial charge is 0.240 e. The number of amides is 1. The number of aromatic nitrogens is 2. The Morgan fingerprint density at radius 1 is 1.42 bits per heavy atom. The number of hydrogen-bond donors (Lipinski definition) is 1. The van der Waals surface area contributed by atoms with E-state index in [1.54, 1.807) is 0 Å². The van der Waals surface area contributed by atoms with Gasteiger partial charge in [-0.3, -0.25) is 9.20 Å². The second kappa shape index (κ2) is 5.24. The van der Waals surface area contributed by atoms with Gasteiger partial charge in [0, 0.05) is 6.54 Å². The standard InChI is InChI=1S/C18H17N5O/c1-11-9-16(22-8-4-7-15(22)17(20)24)23-14-6-3-2-5-13(14)21-18(23)12(11)10-19/h2-3,5-6,9,15H,4,7-8H2,1H3,(H2,20,24)/t15-/m1/s1. The highest BCUT2D eigenvalue weighted by Gasteiger charge is 2.31. The van der Waals surface area contributed by atoms with Gasteiger partial charge in [-0.1, -0.05) is 12.1 Å². The van der Waals surface area contributed by atoms with Crippen molar-refractivity contribution in [3.8, 4) is 6.07 Å². The highest BCUT2D eigenvalue weighted by atomic mass is 16.1. The summed E-state index contributed by atoms with van der Waals surface area (Å²) in [5.41, 5.74) is 9.39. The molecule has 1 aliphatic heterocycles. The predicted molar refractivity (Wildman–Crippen MR) is 91.7 cm³/mol. The number of primary amides is 1. The highest BCUT2D eigenvalue weighted by molar-refractivity contribution is 5.88. The summed E-state index contributed by atoms with van der Waals surface area (Å²) in [5, 5.41) is 9.55. The maximum absolute atomic E-state index is 11.8. The number of nitrogens with zero attached hydrogens (tertiary/aromatic N) is 4. The Balaban J connectivity index is 2.09. The first-order valence-corrected chi connectivity index (χ1v) is 7.98. The van der Waals surface area contributed by atoms with Crippen molar-refractivity contribution in [2.24, 2.45) is 5.73 Å². The van der Waals surface area contributed by atoms with Gasteiger partial charge in [0.15, 0.2) is 5.65 Å². The molecular weight excluding hydrogens is 302 g/mol. The van der Waals surface area contributed by atoms with Gasteiger partial charge in [-0.2, -0.15) is 5.26 Å². The van der Waals surface area contributed by atoms with Crippen LogP contribution in [0.3, 0.4) is 0 Å². The molecule has 3 heterocycles. The minimum Gasteiger partial charge on any atom is -0.368 e. The molecule has 1 fully saturated rings. The van der Waals surface area contributed by atoms with Crippen molar-refractivity contribution in [1.82, 2.24) is 9.38 Å². The second-order valence-electron chi connectivity index (χ2n) is 6.19. The molecule has 1 aromatic carbocycles. The minimum atomic E-state index is -0.318. The van der Waals surface area contributed by atoms with Crippen LogP contribution in [0.15, 0.2) is 30.3 Å². The van der Waals surface area contributed by atoms with Crippen molar-refractivity contribution in [2.45, 2.75) is 25.8 Å². The lowest BCUT2D eigenvalue weighted by Crippen LogP contribution is -2.41. The Bertz CT molecular complexity index is 1010. The summed E-state index contributed by atoms with van der Waals surface area (Å²) in [6.45, 7) is 2.66. The molecule has 120 valence electrons. The van der Waals surface area contributed by atoms with Gasteiger partial charge in [0.25, 0.3) is 0 Å². The van der Waals surface area contributed by atoms with E-state index in [1.165, 1.54) is 0 Å². The van der Waals surface area contributed by atoms with Crippen molar-refractivity contribution in [3.63, 3.8) is 0 Å². The SMILES string of the molecule is Cc1cc(N2CCC[C@@H]2C(N)=O)n2c(nc3ccccc32)c1C#N.